The molecule has 1 aliphatic carbocycles. The summed E-state index contributed by atoms with van der Waals surface area (Å²) >= 11 is 0. The van der Waals surface area contributed by atoms with Crippen molar-refractivity contribution in [1.82, 2.24) is 10.3 Å². The molecule has 1 aliphatic rings. The maximum atomic E-state index is 12.7. The Bertz CT molecular complexity index is 608. The van der Waals surface area contributed by atoms with Crippen LogP contribution in [0.2, 0.25) is 0 Å². The summed E-state index contributed by atoms with van der Waals surface area (Å²) in [4.78, 5) is 15.9. The second-order valence-corrected chi connectivity index (χ2v) is 6.19. The molecule has 1 atom stereocenters. The van der Waals surface area contributed by atoms with E-state index in [4.69, 9.17) is 0 Å². The molecule has 0 spiro atoms. The molecule has 3 rings (SSSR count). The first-order valence-electron chi connectivity index (χ1n) is 8.12. The highest BCUT2D eigenvalue weighted by Crippen LogP contribution is 2.21. The number of nitrogens with one attached hydrogen (secondary N) is 2. The second-order valence-electron chi connectivity index (χ2n) is 6.19. The maximum Gasteiger partial charge on any atom is 0.181 e. The van der Waals surface area contributed by atoms with Crippen LogP contribution >= 0.6 is 0 Å². The molecule has 3 nitrogen and oxygen atoms in total. The summed E-state index contributed by atoms with van der Waals surface area (Å²) < 4.78 is 0. The SMILES string of the molecule is CC(NC1CCCCCC1)C(=O)c1c[nH]c2ccccc12. The number of fused-ring (bicyclic) bond motifs is 1. The van der Waals surface area contributed by atoms with E-state index in [-0.39, 0.29) is 11.8 Å². The van der Waals surface area contributed by atoms with Gasteiger partial charge in [-0.25, -0.2) is 0 Å². The number of carbonyl (C=O) groups excluding carboxylic acids is 1. The van der Waals surface area contributed by atoms with Gasteiger partial charge in [0.1, 0.15) is 0 Å². The van der Waals surface area contributed by atoms with E-state index in [0.29, 0.717) is 6.04 Å². The molecule has 0 aliphatic heterocycles. The van der Waals surface area contributed by atoms with Crippen LogP contribution in [-0.2, 0) is 0 Å². The van der Waals surface area contributed by atoms with Gasteiger partial charge in [-0.05, 0) is 25.8 Å². The Morgan fingerprint density at radius 2 is 1.90 bits per heavy atom. The monoisotopic (exact) mass is 284 g/mol. The van der Waals surface area contributed by atoms with Gasteiger partial charge < -0.3 is 10.3 Å². The van der Waals surface area contributed by atoms with Gasteiger partial charge in [-0.15, -0.1) is 0 Å². The third-order valence-corrected chi connectivity index (χ3v) is 4.59. The summed E-state index contributed by atoms with van der Waals surface area (Å²) in [5.41, 5.74) is 1.83. The van der Waals surface area contributed by atoms with E-state index in [1.54, 1.807) is 0 Å². The van der Waals surface area contributed by atoms with Gasteiger partial charge in [0.2, 0.25) is 0 Å². The van der Waals surface area contributed by atoms with E-state index in [1.807, 2.05) is 37.4 Å². The molecule has 1 heterocycles. The molecule has 1 fully saturated rings. The zero-order valence-corrected chi connectivity index (χ0v) is 12.7. The van der Waals surface area contributed by atoms with Crippen LogP contribution in [0.4, 0.5) is 0 Å². The molecule has 2 N–H and O–H groups in total. The molecular formula is C18H24N2O. The first-order chi connectivity index (χ1) is 10.3. The molecule has 1 unspecified atom stereocenters. The van der Waals surface area contributed by atoms with Gasteiger partial charge in [-0.1, -0.05) is 43.9 Å². The number of H-pyrrole nitrogens is 1. The predicted octanol–water partition coefficient (Wildman–Crippen LogP) is 4.05. The quantitative estimate of drug-likeness (QED) is 0.657. The highest BCUT2D eigenvalue weighted by atomic mass is 16.1. The van der Waals surface area contributed by atoms with Crippen LogP contribution in [0.3, 0.4) is 0 Å². The predicted molar refractivity (Wildman–Crippen MR) is 86.7 cm³/mol. The van der Waals surface area contributed by atoms with E-state index in [9.17, 15) is 4.79 Å². The highest BCUT2D eigenvalue weighted by molar-refractivity contribution is 6.10. The fraction of sp³-hybridized carbons (Fsp3) is 0.500. The van der Waals surface area contributed by atoms with Crippen LogP contribution in [0, 0.1) is 0 Å². The second kappa shape index (κ2) is 6.44. The number of rotatable bonds is 4. The minimum atomic E-state index is -0.118. The number of hydrogen-bond donors (Lipinski definition) is 2. The van der Waals surface area contributed by atoms with Crippen molar-refractivity contribution in [3.63, 3.8) is 0 Å². The smallest absolute Gasteiger partial charge is 0.181 e. The number of para-hydroxylation sites is 1. The molecule has 1 aromatic heterocycles. The zero-order valence-electron chi connectivity index (χ0n) is 12.7. The lowest BCUT2D eigenvalue weighted by molar-refractivity contribution is 0.0944. The molecule has 1 saturated carbocycles. The van der Waals surface area contributed by atoms with Crippen molar-refractivity contribution < 1.29 is 4.79 Å². The van der Waals surface area contributed by atoms with Crippen LogP contribution in [0.15, 0.2) is 30.5 Å². The van der Waals surface area contributed by atoms with E-state index >= 15 is 0 Å². The van der Waals surface area contributed by atoms with Gasteiger partial charge in [-0.2, -0.15) is 0 Å². The number of aromatic amines is 1. The molecule has 3 heteroatoms. The van der Waals surface area contributed by atoms with Crippen molar-refractivity contribution in [2.75, 3.05) is 0 Å². The number of benzene rings is 1. The number of aromatic nitrogens is 1. The Balaban J connectivity index is 1.71. The van der Waals surface area contributed by atoms with Crippen LogP contribution in [-0.4, -0.2) is 22.9 Å². The molecule has 2 aromatic rings. The normalized spacial score (nSPS) is 18.5. The Morgan fingerprint density at radius 3 is 2.67 bits per heavy atom. The van der Waals surface area contributed by atoms with Gasteiger partial charge in [-0.3, -0.25) is 4.79 Å². The standard InChI is InChI=1S/C18H24N2O/c1-13(20-14-8-4-2-3-5-9-14)18(21)16-12-19-17-11-7-6-10-15(16)17/h6-7,10-14,19-20H,2-5,8-9H2,1H3. The van der Waals surface area contributed by atoms with Crippen molar-refractivity contribution in [1.29, 1.82) is 0 Å². The van der Waals surface area contributed by atoms with Crippen LogP contribution in [0.5, 0.6) is 0 Å². The van der Waals surface area contributed by atoms with Gasteiger partial charge in [0.05, 0.1) is 6.04 Å². The maximum absolute atomic E-state index is 12.7. The van der Waals surface area contributed by atoms with E-state index in [1.165, 1.54) is 38.5 Å². The first-order valence-corrected chi connectivity index (χ1v) is 8.12. The molecule has 0 amide bonds. The van der Waals surface area contributed by atoms with Crippen molar-refractivity contribution in [2.24, 2.45) is 0 Å². The molecule has 0 radical (unpaired) electrons. The summed E-state index contributed by atoms with van der Waals surface area (Å²) in [5, 5.41) is 4.57. The van der Waals surface area contributed by atoms with Crippen molar-refractivity contribution >= 4 is 16.7 Å². The Morgan fingerprint density at radius 1 is 1.19 bits per heavy atom. The number of carbonyl (C=O) groups is 1. The molecule has 112 valence electrons. The van der Waals surface area contributed by atoms with Gasteiger partial charge in [0.15, 0.2) is 5.78 Å². The summed E-state index contributed by atoms with van der Waals surface area (Å²) in [6.07, 6.45) is 9.48. The van der Waals surface area contributed by atoms with Crippen LogP contribution in [0.25, 0.3) is 10.9 Å². The molecular weight excluding hydrogens is 260 g/mol. The summed E-state index contributed by atoms with van der Waals surface area (Å²) in [7, 11) is 0. The molecule has 21 heavy (non-hydrogen) atoms. The summed E-state index contributed by atoms with van der Waals surface area (Å²) in [5.74, 6) is 0.191. The highest BCUT2D eigenvalue weighted by Gasteiger charge is 2.22. The molecule has 0 bridgehead atoms. The van der Waals surface area contributed by atoms with Crippen LogP contribution in [0.1, 0.15) is 55.8 Å². The van der Waals surface area contributed by atoms with Crippen molar-refractivity contribution in [3.05, 3.63) is 36.0 Å². The Kier molecular flexibility index (Phi) is 4.39. The number of ketones is 1. The lowest BCUT2D eigenvalue weighted by Gasteiger charge is -2.21. The largest absolute Gasteiger partial charge is 0.360 e. The lowest BCUT2D eigenvalue weighted by Crippen LogP contribution is -2.41. The third kappa shape index (κ3) is 3.18. The Labute approximate surface area is 126 Å². The minimum Gasteiger partial charge on any atom is -0.360 e. The van der Waals surface area contributed by atoms with Gasteiger partial charge in [0, 0.05) is 28.7 Å². The summed E-state index contributed by atoms with van der Waals surface area (Å²) in [6.45, 7) is 2.00. The van der Waals surface area contributed by atoms with E-state index in [2.05, 4.69) is 10.3 Å². The zero-order chi connectivity index (χ0) is 14.7. The fourth-order valence-corrected chi connectivity index (χ4v) is 3.38. The minimum absolute atomic E-state index is 0.118. The fourth-order valence-electron chi connectivity index (χ4n) is 3.38. The average Bonchev–Trinajstić information content (AvgIpc) is 2.76. The average molecular weight is 284 g/mol. The summed E-state index contributed by atoms with van der Waals surface area (Å²) in [6, 6.07) is 8.37. The van der Waals surface area contributed by atoms with E-state index < -0.39 is 0 Å². The lowest BCUT2D eigenvalue weighted by atomic mass is 10.0. The molecule has 0 saturated heterocycles. The van der Waals surface area contributed by atoms with Gasteiger partial charge in [0.25, 0.3) is 0 Å². The first kappa shape index (κ1) is 14.3. The number of hydrogen-bond acceptors (Lipinski definition) is 2. The topological polar surface area (TPSA) is 44.9 Å². The van der Waals surface area contributed by atoms with E-state index in [0.717, 1.165) is 16.5 Å². The molecule has 1 aromatic carbocycles. The third-order valence-electron chi connectivity index (χ3n) is 4.59. The van der Waals surface area contributed by atoms with Crippen LogP contribution < -0.4 is 5.32 Å². The number of Topliss-reactive ketones (excluding diaryl/α,β-unsaturated/α-hetero) is 1. The Hall–Kier alpha value is -1.61. The van der Waals surface area contributed by atoms with Crippen molar-refractivity contribution in [2.45, 2.75) is 57.5 Å². The van der Waals surface area contributed by atoms with Gasteiger partial charge >= 0.3 is 0 Å². The van der Waals surface area contributed by atoms with Crippen molar-refractivity contribution in [3.8, 4) is 0 Å².